The van der Waals surface area contributed by atoms with Crippen molar-refractivity contribution in [3.05, 3.63) is 0 Å². The number of nitrogens with one attached hydrogen (secondary N) is 2. The summed E-state index contributed by atoms with van der Waals surface area (Å²) in [4.78, 5) is 22.0. The number of carbonyl (C=O) groups excluding carboxylic acids is 2. The predicted molar refractivity (Wildman–Crippen MR) is 48.7 cm³/mol. The van der Waals surface area contributed by atoms with Crippen molar-refractivity contribution in [1.82, 2.24) is 10.8 Å². The number of rotatable bonds is 4. The van der Waals surface area contributed by atoms with Crippen LogP contribution in [-0.2, 0) is 9.53 Å². The van der Waals surface area contributed by atoms with E-state index in [1.54, 1.807) is 6.92 Å². The standard InChI is InChI=1S/C8H16N2O4/c1-4-5(2)6(7(11)14-3)9-8(12)10-13/h5-6,13H,4H2,1-3H3,(H2,9,10,12)/t5-,6-/m0/s1. The molecule has 0 fully saturated rings. The van der Waals surface area contributed by atoms with Crippen molar-refractivity contribution in [2.24, 2.45) is 5.92 Å². The second kappa shape index (κ2) is 6.20. The average Bonchev–Trinajstić information content (AvgIpc) is 2.23. The maximum absolute atomic E-state index is 11.2. The van der Waals surface area contributed by atoms with Gasteiger partial charge < -0.3 is 10.1 Å². The summed E-state index contributed by atoms with van der Waals surface area (Å²) >= 11 is 0. The van der Waals surface area contributed by atoms with Crippen LogP contribution in [0.25, 0.3) is 0 Å². The lowest BCUT2D eigenvalue weighted by molar-refractivity contribution is -0.144. The number of amides is 2. The van der Waals surface area contributed by atoms with Gasteiger partial charge in [-0.05, 0) is 5.92 Å². The van der Waals surface area contributed by atoms with E-state index < -0.39 is 18.0 Å². The number of ether oxygens (including phenoxy) is 1. The van der Waals surface area contributed by atoms with Gasteiger partial charge in [-0.2, -0.15) is 0 Å². The Morgan fingerprint density at radius 3 is 2.43 bits per heavy atom. The fourth-order valence-corrected chi connectivity index (χ4v) is 0.970. The van der Waals surface area contributed by atoms with Crippen LogP contribution < -0.4 is 10.8 Å². The summed E-state index contributed by atoms with van der Waals surface area (Å²) in [5, 5.41) is 10.6. The molecule has 14 heavy (non-hydrogen) atoms. The molecule has 2 atom stereocenters. The van der Waals surface area contributed by atoms with Crippen LogP contribution in [0.5, 0.6) is 0 Å². The van der Waals surface area contributed by atoms with Crippen molar-refractivity contribution in [3.63, 3.8) is 0 Å². The van der Waals surface area contributed by atoms with Gasteiger partial charge in [0.15, 0.2) is 0 Å². The van der Waals surface area contributed by atoms with Gasteiger partial charge >= 0.3 is 12.0 Å². The monoisotopic (exact) mass is 204 g/mol. The molecule has 0 spiro atoms. The zero-order chi connectivity index (χ0) is 11.1. The summed E-state index contributed by atoms with van der Waals surface area (Å²) in [5.74, 6) is -0.581. The second-order valence-electron chi connectivity index (χ2n) is 2.97. The second-order valence-corrected chi connectivity index (χ2v) is 2.97. The molecule has 0 saturated heterocycles. The SMILES string of the molecule is CC[C@H](C)[C@H](NC(=O)NO)C(=O)OC. The van der Waals surface area contributed by atoms with E-state index in [4.69, 9.17) is 5.21 Å². The van der Waals surface area contributed by atoms with Crippen LogP contribution in [0.4, 0.5) is 4.79 Å². The lowest BCUT2D eigenvalue weighted by Crippen LogP contribution is -2.48. The van der Waals surface area contributed by atoms with Crippen LogP contribution in [0, 0.1) is 5.92 Å². The van der Waals surface area contributed by atoms with Crippen LogP contribution in [0.15, 0.2) is 0 Å². The highest BCUT2D eigenvalue weighted by Gasteiger charge is 2.26. The van der Waals surface area contributed by atoms with Gasteiger partial charge in [0.25, 0.3) is 0 Å². The van der Waals surface area contributed by atoms with Crippen molar-refractivity contribution in [1.29, 1.82) is 0 Å². The lowest BCUT2D eigenvalue weighted by Gasteiger charge is -2.20. The highest BCUT2D eigenvalue weighted by molar-refractivity contribution is 5.83. The first kappa shape index (κ1) is 12.7. The molecule has 6 heteroatoms. The largest absolute Gasteiger partial charge is 0.467 e. The van der Waals surface area contributed by atoms with Crippen molar-refractivity contribution >= 4 is 12.0 Å². The van der Waals surface area contributed by atoms with Crippen molar-refractivity contribution in [2.45, 2.75) is 26.3 Å². The Balaban J connectivity index is 4.39. The zero-order valence-electron chi connectivity index (χ0n) is 8.53. The molecule has 0 unspecified atom stereocenters. The number of esters is 1. The lowest BCUT2D eigenvalue weighted by atomic mass is 9.99. The van der Waals surface area contributed by atoms with Gasteiger partial charge in [0.05, 0.1) is 7.11 Å². The summed E-state index contributed by atoms with van der Waals surface area (Å²) in [6.07, 6.45) is 0.714. The molecule has 3 N–H and O–H groups in total. The molecule has 0 aromatic rings. The van der Waals surface area contributed by atoms with Gasteiger partial charge in [-0.1, -0.05) is 20.3 Å². The molecule has 0 aliphatic carbocycles. The summed E-state index contributed by atoms with van der Waals surface area (Å²) in [6.45, 7) is 3.69. The third kappa shape index (κ3) is 3.61. The van der Waals surface area contributed by atoms with E-state index >= 15 is 0 Å². The number of methoxy groups -OCH3 is 1. The number of hydroxylamine groups is 1. The molecular formula is C8H16N2O4. The quantitative estimate of drug-likeness (QED) is 0.348. The molecule has 0 aromatic heterocycles. The van der Waals surface area contributed by atoms with Crippen molar-refractivity contribution in [2.75, 3.05) is 7.11 Å². The molecule has 0 rings (SSSR count). The summed E-state index contributed by atoms with van der Waals surface area (Å²) < 4.78 is 4.52. The predicted octanol–water partition coefficient (Wildman–Crippen LogP) is 0.262. The van der Waals surface area contributed by atoms with Crippen LogP contribution in [0.2, 0.25) is 0 Å². The average molecular weight is 204 g/mol. The van der Waals surface area contributed by atoms with Gasteiger partial charge in [0.2, 0.25) is 0 Å². The van der Waals surface area contributed by atoms with Crippen LogP contribution >= 0.6 is 0 Å². The van der Waals surface area contributed by atoms with E-state index in [1.807, 2.05) is 6.92 Å². The number of hydrogen-bond acceptors (Lipinski definition) is 4. The molecule has 0 heterocycles. The molecule has 0 aliphatic heterocycles. The summed E-state index contributed by atoms with van der Waals surface area (Å²) in [7, 11) is 1.25. The molecule has 0 saturated carbocycles. The first-order valence-corrected chi connectivity index (χ1v) is 4.35. The van der Waals surface area contributed by atoms with Crippen LogP contribution in [0.3, 0.4) is 0 Å². The Hall–Kier alpha value is -1.30. The van der Waals surface area contributed by atoms with E-state index in [9.17, 15) is 9.59 Å². The Bertz CT molecular complexity index is 208. The Morgan fingerprint density at radius 1 is 1.50 bits per heavy atom. The minimum Gasteiger partial charge on any atom is -0.467 e. The fraction of sp³-hybridized carbons (Fsp3) is 0.750. The normalized spacial score (nSPS) is 14.0. The molecule has 0 aliphatic rings. The number of carbonyl (C=O) groups is 2. The fourth-order valence-electron chi connectivity index (χ4n) is 0.970. The maximum atomic E-state index is 11.2. The molecule has 0 bridgehead atoms. The smallest absolute Gasteiger partial charge is 0.339 e. The number of urea groups is 1. The first-order valence-electron chi connectivity index (χ1n) is 4.35. The Kier molecular flexibility index (Phi) is 5.62. The first-order chi connectivity index (χ1) is 6.56. The zero-order valence-corrected chi connectivity index (χ0v) is 8.53. The molecule has 0 aromatic carbocycles. The maximum Gasteiger partial charge on any atom is 0.339 e. The van der Waals surface area contributed by atoms with Gasteiger partial charge in [-0.3, -0.25) is 5.21 Å². The molecule has 0 radical (unpaired) electrons. The Morgan fingerprint density at radius 2 is 2.07 bits per heavy atom. The molecule has 2 amide bonds. The van der Waals surface area contributed by atoms with Crippen molar-refractivity contribution < 1.29 is 19.5 Å². The summed E-state index contributed by atoms with van der Waals surface area (Å²) in [6, 6.07) is -1.56. The van der Waals surface area contributed by atoms with E-state index in [0.717, 1.165) is 0 Å². The highest BCUT2D eigenvalue weighted by Crippen LogP contribution is 2.08. The topological polar surface area (TPSA) is 87.7 Å². The van der Waals surface area contributed by atoms with E-state index in [2.05, 4.69) is 10.1 Å². The van der Waals surface area contributed by atoms with Gasteiger partial charge in [-0.25, -0.2) is 15.1 Å². The minimum absolute atomic E-state index is 0.0558. The molecular weight excluding hydrogens is 188 g/mol. The Labute approximate surface area is 82.6 Å². The van der Waals surface area contributed by atoms with Gasteiger partial charge in [-0.15, -0.1) is 0 Å². The third-order valence-corrected chi connectivity index (χ3v) is 2.06. The van der Waals surface area contributed by atoms with Gasteiger partial charge in [0.1, 0.15) is 6.04 Å². The van der Waals surface area contributed by atoms with Crippen LogP contribution in [-0.4, -0.2) is 30.4 Å². The van der Waals surface area contributed by atoms with E-state index in [1.165, 1.54) is 12.6 Å². The van der Waals surface area contributed by atoms with Crippen LogP contribution in [0.1, 0.15) is 20.3 Å². The number of hydrogen-bond donors (Lipinski definition) is 3. The minimum atomic E-state index is -0.819. The van der Waals surface area contributed by atoms with Gasteiger partial charge in [0, 0.05) is 0 Å². The molecule has 6 nitrogen and oxygen atoms in total. The highest BCUT2D eigenvalue weighted by atomic mass is 16.5. The molecule has 82 valence electrons. The van der Waals surface area contributed by atoms with E-state index in [-0.39, 0.29) is 5.92 Å². The van der Waals surface area contributed by atoms with E-state index in [0.29, 0.717) is 6.42 Å². The summed E-state index contributed by atoms with van der Waals surface area (Å²) in [5.41, 5.74) is 1.40. The third-order valence-electron chi connectivity index (χ3n) is 2.06. The van der Waals surface area contributed by atoms with Crippen molar-refractivity contribution in [3.8, 4) is 0 Å².